The topological polar surface area (TPSA) is 149 Å². The predicted molar refractivity (Wildman–Crippen MR) is 300 cm³/mol. The molecule has 0 aliphatic carbocycles. The maximum absolute atomic E-state index is 13.0. The Morgan fingerprint density at radius 2 is 0.789 bits per heavy atom. The highest BCUT2D eigenvalue weighted by Crippen LogP contribution is 2.23. The van der Waals surface area contributed by atoms with Crippen LogP contribution in [0.4, 0.5) is 0 Å². The highest BCUT2D eigenvalue weighted by molar-refractivity contribution is 5.76. The van der Waals surface area contributed by atoms with E-state index < -0.39 is 49.5 Å². The van der Waals surface area contributed by atoms with Crippen molar-refractivity contribution in [3.05, 3.63) is 24.3 Å². The molecule has 9 heteroatoms. The quantitative estimate of drug-likeness (QED) is 0.0261. The predicted octanol–water partition coefficient (Wildman–Crippen LogP) is 15.7. The molecule has 0 aromatic heterocycles. The van der Waals surface area contributed by atoms with Crippen LogP contribution in [0.25, 0.3) is 0 Å². The number of aliphatic hydroxyl groups excluding tert-OH is 5. The molecule has 0 bridgehead atoms. The van der Waals surface area contributed by atoms with Gasteiger partial charge in [-0.2, -0.15) is 0 Å². The minimum absolute atomic E-state index is 0.176. The molecule has 1 heterocycles. The standard InChI is InChI=1S/C62H119NO8/c1-3-5-7-9-11-12-13-14-15-16-17-18-19-20-21-22-23-24-25-26-27-28-29-30-31-32-33-34-35-36-37-38-39-40-41-42-43-44-46-48-50-52-58(66)63-55(56(65)51-49-47-45-10-8-6-4-2)54-70-62-61(69)60(68)59(67)57(53-64)71-62/h16-17,49,51,55-57,59-62,64-65,67-69H,3-15,18-48,50,52-54H2,1-2H3,(H,63,66)/b17-16-,51-49+. The van der Waals surface area contributed by atoms with Crippen LogP contribution in [-0.4, -0.2) is 87.5 Å². The molecule has 1 aliphatic rings. The van der Waals surface area contributed by atoms with Crippen molar-refractivity contribution in [3.63, 3.8) is 0 Å². The van der Waals surface area contributed by atoms with Gasteiger partial charge in [0.2, 0.25) is 5.91 Å². The van der Waals surface area contributed by atoms with Crippen molar-refractivity contribution in [1.29, 1.82) is 0 Å². The number of allylic oxidation sites excluding steroid dienone is 3. The molecule has 7 unspecified atom stereocenters. The summed E-state index contributed by atoms with van der Waals surface area (Å²) in [5.41, 5.74) is 0. The minimum atomic E-state index is -1.56. The van der Waals surface area contributed by atoms with Crippen LogP contribution in [0, 0.1) is 0 Å². The van der Waals surface area contributed by atoms with Gasteiger partial charge in [-0.25, -0.2) is 0 Å². The molecule has 1 aliphatic heterocycles. The van der Waals surface area contributed by atoms with E-state index in [9.17, 15) is 30.3 Å². The summed E-state index contributed by atoms with van der Waals surface area (Å²) in [6.07, 6.45) is 60.5. The lowest BCUT2D eigenvalue weighted by Gasteiger charge is -2.40. The molecule has 0 aromatic rings. The van der Waals surface area contributed by atoms with E-state index >= 15 is 0 Å². The van der Waals surface area contributed by atoms with Gasteiger partial charge in [0.15, 0.2) is 6.29 Å². The molecule has 420 valence electrons. The Morgan fingerprint density at radius 3 is 1.14 bits per heavy atom. The number of hydrogen-bond acceptors (Lipinski definition) is 8. The van der Waals surface area contributed by atoms with Crippen molar-refractivity contribution in [2.75, 3.05) is 13.2 Å². The number of hydrogen-bond donors (Lipinski definition) is 6. The van der Waals surface area contributed by atoms with Gasteiger partial charge in [-0.05, 0) is 44.9 Å². The molecular weight excluding hydrogens is 887 g/mol. The Morgan fingerprint density at radius 1 is 0.465 bits per heavy atom. The van der Waals surface area contributed by atoms with E-state index in [1.165, 1.54) is 250 Å². The monoisotopic (exact) mass is 1010 g/mol. The van der Waals surface area contributed by atoms with E-state index in [2.05, 4.69) is 31.3 Å². The maximum atomic E-state index is 13.0. The number of carbonyl (C=O) groups excluding carboxylic acids is 1. The van der Waals surface area contributed by atoms with Crippen LogP contribution >= 0.6 is 0 Å². The number of unbranched alkanes of at least 4 members (excludes halogenated alkanes) is 42. The molecule has 0 radical (unpaired) electrons. The fourth-order valence-corrected chi connectivity index (χ4v) is 10.1. The summed E-state index contributed by atoms with van der Waals surface area (Å²) in [7, 11) is 0. The molecular formula is C62H119NO8. The first-order valence-corrected chi connectivity index (χ1v) is 31.1. The summed E-state index contributed by atoms with van der Waals surface area (Å²) in [5.74, 6) is -0.176. The third kappa shape index (κ3) is 41.6. The lowest BCUT2D eigenvalue weighted by atomic mass is 9.99. The van der Waals surface area contributed by atoms with E-state index in [0.717, 1.165) is 38.5 Å². The molecule has 71 heavy (non-hydrogen) atoms. The van der Waals surface area contributed by atoms with Crippen molar-refractivity contribution < 1.29 is 39.8 Å². The SMILES string of the molecule is CCCCCCC/C=C/C(O)C(COC1OC(CO)C(O)C(O)C1O)NC(=O)CCCCCCCCCCCCCCCCCCCCCCCCCCCCCCC/C=C\CCCCCCCCCC. The van der Waals surface area contributed by atoms with Gasteiger partial charge >= 0.3 is 0 Å². The second-order valence-corrected chi connectivity index (χ2v) is 21.9. The van der Waals surface area contributed by atoms with Crippen molar-refractivity contribution in [2.24, 2.45) is 0 Å². The Labute approximate surface area is 439 Å². The lowest BCUT2D eigenvalue weighted by Crippen LogP contribution is -2.60. The molecule has 1 amide bonds. The first kappa shape index (κ1) is 67.7. The number of nitrogens with one attached hydrogen (secondary N) is 1. The summed E-state index contributed by atoms with van der Waals surface area (Å²) in [6, 6.07) is -0.798. The fourth-order valence-electron chi connectivity index (χ4n) is 10.1. The van der Waals surface area contributed by atoms with Crippen LogP contribution in [0.1, 0.15) is 309 Å². The fraction of sp³-hybridized carbons (Fsp3) is 0.919. The molecule has 0 aromatic carbocycles. The Bertz CT molecular complexity index is 1170. The van der Waals surface area contributed by atoms with E-state index in [4.69, 9.17) is 9.47 Å². The first-order valence-electron chi connectivity index (χ1n) is 31.1. The number of carbonyl (C=O) groups is 1. The van der Waals surface area contributed by atoms with Gasteiger partial charge in [-0.1, -0.05) is 282 Å². The van der Waals surface area contributed by atoms with Crippen LogP contribution in [0.3, 0.4) is 0 Å². The molecule has 1 rings (SSSR count). The van der Waals surface area contributed by atoms with Gasteiger partial charge < -0.3 is 40.3 Å². The van der Waals surface area contributed by atoms with Gasteiger partial charge in [0.05, 0.1) is 25.4 Å². The zero-order valence-corrected chi connectivity index (χ0v) is 46.8. The van der Waals surface area contributed by atoms with E-state index in [1.54, 1.807) is 6.08 Å². The molecule has 1 fully saturated rings. The number of rotatable bonds is 54. The van der Waals surface area contributed by atoms with Crippen LogP contribution in [-0.2, 0) is 14.3 Å². The highest BCUT2D eigenvalue weighted by Gasteiger charge is 2.44. The Balaban J connectivity index is 1.92. The van der Waals surface area contributed by atoms with Gasteiger partial charge in [0, 0.05) is 6.42 Å². The number of ether oxygens (including phenoxy) is 2. The highest BCUT2D eigenvalue weighted by atomic mass is 16.7. The van der Waals surface area contributed by atoms with Crippen molar-refractivity contribution in [1.82, 2.24) is 5.32 Å². The van der Waals surface area contributed by atoms with Crippen LogP contribution in [0.15, 0.2) is 24.3 Å². The largest absolute Gasteiger partial charge is 0.394 e. The molecule has 1 saturated heterocycles. The summed E-state index contributed by atoms with van der Waals surface area (Å²) in [6.45, 7) is 3.73. The normalized spacial score (nSPS) is 19.3. The Hall–Kier alpha value is -1.33. The van der Waals surface area contributed by atoms with Crippen LogP contribution in [0.5, 0.6) is 0 Å². The van der Waals surface area contributed by atoms with Crippen LogP contribution < -0.4 is 5.32 Å². The van der Waals surface area contributed by atoms with Gasteiger partial charge in [-0.15, -0.1) is 0 Å². The summed E-state index contributed by atoms with van der Waals surface area (Å²) >= 11 is 0. The Kier molecular flexibility index (Phi) is 49.7. The third-order valence-corrected chi connectivity index (χ3v) is 15.0. The molecule has 6 N–H and O–H groups in total. The molecule has 0 spiro atoms. The molecule has 9 nitrogen and oxygen atoms in total. The number of aliphatic hydroxyl groups is 5. The summed E-state index contributed by atoms with van der Waals surface area (Å²) in [5, 5.41) is 54.1. The average Bonchev–Trinajstić information content (AvgIpc) is 3.37. The second kappa shape index (κ2) is 52.1. The average molecular weight is 1010 g/mol. The van der Waals surface area contributed by atoms with Crippen molar-refractivity contribution in [3.8, 4) is 0 Å². The molecule has 0 saturated carbocycles. The van der Waals surface area contributed by atoms with Crippen molar-refractivity contribution >= 4 is 5.91 Å². The van der Waals surface area contributed by atoms with E-state index in [0.29, 0.717) is 6.42 Å². The first-order chi connectivity index (χ1) is 34.8. The van der Waals surface area contributed by atoms with Gasteiger partial charge in [-0.3, -0.25) is 4.79 Å². The number of amides is 1. The van der Waals surface area contributed by atoms with Gasteiger partial charge in [0.25, 0.3) is 0 Å². The minimum Gasteiger partial charge on any atom is -0.394 e. The zero-order chi connectivity index (χ0) is 51.5. The van der Waals surface area contributed by atoms with E-state index in [-0.39, 0.29) is 12.5 Å². The van der Waals surface area contributed by atoms with Crippen molar-refractivity contribution in [2.45, 2.75) is 352 Å². The third-order valence-electron chi connectivity index (χ3n) is 15.0. The maximum Gasteiger partial charge on any atom is 0.220 e. The lowest BCUT2D eigenvalue weighted by molar-refractivity contribution is -0.302. The van der Waals surface area contributed by atoms with Gasteiger partial charge in [0.1, 0.15) is 24.4 Å². The zero-order valence-electron chi connectivity index (χ0n) is 46.8. The van der Waals surface area contributed by atoms with E-state index in [1.807, 2.05) is 6.08 Å². The molecule has 7 atom stereocenters. The smallest absolute Gasteiger partial charge is 0.220 e. The summed E-state index contributed by atoms with van der Waals surface area (Å²) < 4.78 is 11.2. The second-order valence-electron chi connectivity index (χ2n) is 21.9. The van der Waals surface area contributed by atoms with Crippen LogP contribution in [0.2, 0.25) is 0 Å². The summed E-state index contributed by atoms with van der Waals surface area (Å²) in [4.78, 5) is 13.0.